The van der Waals surface area contributed by atoms with Crippen LogP contribution in [0.15, 0.2) is 35.4 Å². The molecule has 0 aliphatic carbocycles. The highest BCUT2D eigenvalue weighted by Crippen LogP contribution is 2.36. The Morgan fingerprint density at radius 2 is 1.88 bits per heavy atom. The van der Waals surface area contributed by atoms with Crippen molar-refractivity contribution in [3.05, 3.63) is 58.1 Å². The van der Waals surface area contributed by atoms with Gasteiger partial charge in [-0.15, -0.1) is 4.90 Å². The highest BCUT2D eigenvalue weighted by molar-refractivity contribution is 6.30. The Morgan fingerprint density at radius 3 is 2.42 bits per heavy atom. The predicted octanol–water partition coefficient (Wildman–Crippen LogP) is 4.48. The third-order valence-electron chi connectivity index (χ3n) is 4.58. The van der Waals surface area contributed by atoms with Crippen LogP contribution in [0.25, 0.3) is 0 Å². The van der Waals surface area contributed by atoms with Crippen molar-refractivity contribution in [2.45, 2.75) is 33.4 Å². The van der Waals surface area contributed by atoms with Gasteiger partial charge in [0.25, 0.3) is 5.91 Å². The van der Waals surface area contributed by atoms with Gasteiger partial charge in [0.1, 0.15) is 12.0 Å². The molecule has 8 nitrogen and oxygen atoms in total. The molecule has 2 amide bonds. The van der Waals surface area contributed by atoms with Crippen molar-refractivity contribution in [1.29, 1.82) is 5.26 Å². The molecule has 2 aromatic rings. The molecule has 0 saturated carbocycles. The number of nitrogens with one attached hydrogen (secondary N) is 1. The number of ether oxygens (including phenoxy) is 1. The van der Waals surface area contributed by atoms with Gasteiger partial charge < -0.3 is 9.84 Å². The molecular weight excluding hydrogens is 441 g/mol. The molecule has 0 atom stereocenters. The van der Waals surface area contributed by atoms with Crippen molar-refractivity contribution in [2.75, 3.05) is 12.0 Å². The van der Waals surface area contributed by atoms with E-state index in [4.69, 9.17) is 5.26 Å². The number of rotatable bonds is 6. The van der Waals surface area contributed by atoms with Crippen LogP contribution >= 0.6 is 0 Å². The monoisotopic (exact) mass is 462 g/mol. The average molecular weight is 462 g/mol. The molecule has 0 heterocycles. The largest absolute Gasteiger partial charge is 0.507 e. The Hall–Kier alpha value is -4.07. The Kier molecular flexibility index (Phi) is 8.01. The quantitative estimate of drug-likeness (QED) is 0.283. The van der Waals surface area contributed by atoms with E-state index < -0.39 is 29.5 Å². The highest BCUT2D eigenvalue weighted by Gasteiger charge is 2.34. The fraction of sp³-hybridized carbons (Fsp3) is 0.273. The fourth-order valence-corrected chi connectivity index (χ4v) is 3.05. The summed E-state index contributed by atoms with van der Waals surface area (Å²) >= 11 is 0. The molecule has 33 heavy (non-hydrogen) atoms. The zero-order chi connectivity index (χ0) is 24.8. The van der Waals surface area contributed by atoms with Gasteiger partial charge in [0, 0.05) is 0 Å². The molecule has 0 unspecified atom stereocenters. The van der Waals surface area contributed by atoms with E-state index in [-0.39, 0.29) is 17.9 Å². The molecule has 174 valence electrons. The number of hydrogen-bond acceptors (Lipinski definition) is 7. The fourth-order valence-electron chi connectivity index (χ4n) is 3.05. The van der Waals surface area contributed by atoms with Crippen LogP contribution in [0.3, 0.4) is 0 Å². The van der Waals surface area contributed by atoms with Crippen molar-refractivity contribution >= 4 is 23.9 Å². The minimum atomic E-state index is -4.66. The second-order valence-corrected chi connectivity index (χ2v) is 6.96. The summed E-state index contributed by atoms with van der Waals surface area (Å²) in [6.45, 7) is 5.06. The first kappa shape index (κ1) is 25.2. The van der Waals surface area contributed by atoms with Gasteiger partial charge in [0.2, 0.25) is 0 Å². The molecule has 0 bridgehead atoms. The number of nitrogens with zero attached hydrogens (tertiary/aromatic N) is 3. The number of benzene rings is 2. The first-order chi connectivity index (χ1) is 15.5. The van der Waals surface area contributed by atoms with Gasteiger partial charge in [-0.25, -0.2) is 4.79 Å². The number of alkyl halides is 3. The third-order valence-corrected chi connectivity index (χ3v) is 4.58. The number of carbonyl (C=O) groups excluding carboxylic acids is 2. The lowest BCUT2D eigenvalue weighted by molar-refractivity contribution is -0.138. The topological polar surface area (TPSA) is 115 Å². The summed E-state index contributed by atoms with van der Waals surface area (Å²) < 4.78 is 43.8. The van der Waals surface area contributed by atoms with Crippen LogP contribution in [0.4, 0.5) is 23.7 Å². The van der Waals surface area contributed by atoms with E-state index >= 15 is 0 Å². The van der Waals surface area contributed by atoms with Gasteiger partial charge in [-0.1, -0.05) is 6.07 Å². The van der Waals surface area contributed by atoms with Crippen molar-refractivity contribution < 1.29 is 32.6 Å². The van der Waals surface area contributed by atoms with Crippen LogP contribution in [-0.2, 0) is 22.1 Å². The number of amides is 2. The predicted molar refractivity (Wildman–Crippen MR) is 113 cm³/mol. The Morgan fingerprint density at radius 1 is 1.24 bits per heavy atom. The smallest absolute Gasteiger partial charge is 0.430 e. The van der Waals surface area contributed by atoms with E-state index in [2.05, 4.69) is 15.3 Å². The van der Waals surface area contributed by atoms with E-state index in [1.807, 2.05) is 0 Å². The first-order valence-electron chi connectivity index (χ1n) is 9.66. The maximum atomic E-state index is 13.1. The lowest BCUT2D eigenvalue weighted by atomic mass is 9.94. The van der Waals surface area contributed by atoms with Crippen LogP contribution in [-0.4, -0.2) is 34.8 Å². The molecule has 2 aromatic carbocycles. The molecule has 2 rings (SSSR count). The number of halogens is 3. The summed E-state index contributed by atoms with van der Waals surface area (Å²) in [6.07, 6.45) is -3.42. The van der Waals surface area contributed by atoms with Crippen molar-refractivity contribution in [3.8, 4) is 11.9 Å². The number of aromatic hydroxyl groups is 1. The van der Waals surface area contributed by atoms with Gasteiger partial charge in [-0.05, 0) is 73.7 Å². The summed E-state index contributed by atoms with van der Waals surface area (Å²) in [4.78, 5) is 23.6. The van der Waals surface area contributed by atoms with E-state index in [0.29, 0.717) is 11.3 Å². The number of nitriles is 1. The molecule has 0 spiro atoms. The molecule has 2 N–H and O–H groups in total. The number of carbonyl (C=O) groups is 2. The van der Waals surface area contributed by atoms with Crippen molar-refractivity contribution in [1.82, 2.24) is 4.90 Å². The second-order valence-electron chi connectivity index (χ2n) is 6.96. The minimum absolute atomic E-state index is 0.00769. The summed E-state index contributed by atoms with van der Waals surface area (Å²) in [6, 6.07) is 6.73. The number of aryl methyl sites for hydroxylation is 2. The van der Waals surface area contributed by atoms with Gasteiger partial charge in [0.15, 0.2) is 6.19 Å². The average Bonchev–Trinajstić information content (AvgIpc) is 2.72. The normalized spacial score (nSPS) is 11.2. The van der Waals surface area contributed by atoms with E-state index in [1.54, 1.807) is 26.0 Å². The number of anilines is 1. The lowest BCUT2D eigenvalue weighted by Gasteiger charge is -2.15. The Labute approximate surface area is 187 Å². The van der Waals surface area contributed by atoms with E-state index in [9.17, 15) is 27.9 Å². The van der Waals surface area contributed by atoms with Crippen molar-refractivity contribution in [2.24, 2.45) is 5.10 Å². The Balaban J connectivity index is 2.16. The minimum Gasteiger partial charge on any atom is -0.507 e. The molecule has 0 aromatic heterocycles. The zero-order valence-corrected chi connectivity index (χ0v) is 18.0. The molecule has 0 aliphatic rings. The van der Waals surface area contributed by atoms with Gasteiger partial charge in [-0.2, -0.15) is 23.5 Å². The molecule has 0 aliphatic heterocycles. The van der Waals surface area contributed by atoms with Crippen LogP contribution in [0.5, 0.6) is 5.75 Å². The zero-order valence-electron chi connectivity index (χ0n) is 18.0. The summed E-state index contributed by atoms with van der Waals surface area (Å²) in [7, 11) is 0. The first-order valence-corrected chi connectivity index (χ1v) is 9.66. The van der Waals surface area contributed by atoms with Gasteiger partial charge in [0.05, 0.1) is 17.9 Å². The van der Waals surface area contributed by atoms with Gasteiger partial charge in [-0.3, -0.25) is 10.2 Å². The van der Waals surface area contributed by atoms with E-state index in [0.717, 1.165) is 35.0 Å². The van der Waals surface area contributed by atoms with Gasteiger partial charge >= 0.3 is 12.3 Å². The van der Waals surface area contributed by atoms with E-state index in [1.165, 1.54) is 19.2 Å². The third kappa shape index (κ3) is 6.46. The SMILES string of the molecule is CCOC(=O)N(C#N)C(=O)/C=N/Nc1cc(C)c(Cc2ccc(O)c(C(F)(F)F)c2)c(C)c1. The number of phenolic OH excluding ortho intramolecular Hbond substituents is 1. The molecule has 0 fully saturated rings. The molecule has 0 saturated heterocycles. The number of hydrazone groups is 1. The van der Waals surface area contributed by atoms with Crippen LogP contribution in [0.2, 0.25) is 0 Å². The van der Waals surface area contributed by atoms with Crippen LogP contribution in [0.1, 0.15) is 34.7 Å². The number of phenols is 1. The molecular formula is C22H21F3N4O4. The summed E-state index contributed by atoms with van der Waals surface area (Å²) in [5.41, 5.74) is 4.68. The summed E-state index contributed by atoms with van der Waals surface area (Å²) in [5, 5.41) is 22.1. The Bertz CT molecular complexity index is 1100. The second kappa shape index (κ2) is 10.5. The maximum absolute atomic E-state index is 13.1. The molecule has 11 heteroatoms. The van der Waals surface area contributed by atoms with Crippen molar-refractivity contribution in [3.63, 3.8) is 0 Å². The van der Waals surface area contributed by atoms with Crippen LogP contribution < -0.4 is 5.43 Å². The lowest BCUT2D eigenvalue weighted by Crippen LogP contribution is -2.34. The number of imide groups is 1. The molecule has 0 radical (unpaired) electrons. The standard InChI is InChI=1S/C22H21F3N4O4/c1-4-33-21(32)29(12-26)20(31)11-27-28-16-7-13(2)17(14(3)8-16)9-15-5-6-19(30)18(10-15)22(23,24)25/h5-8,10-11,28,30H,4,9H2,1-3H3/b27-11+. The van der Waals surface area contributed by atoms with Crippen LogP contribution in [0, 0.1) is 25.3 Å². The number of hydrogen-bond donors (Lipinski definition) is 2. The highest BCUT2D eigenvalue weighted by atomic mass is 19.4. The maximum Gasteiger partial charge on any atom is 0.430 e. The summed E-state index contributed by atoms with van der Waals surface area (Å²) in [5.74, 6) is -1.83.